The van der Waals surface area contributed by atoms with Gasteiger partial charge in [-0.2, -0.15) is 13.2 Å². The van der Waals surface area contributed by atoms with Crippen LogP contribution >= 0.6 is 15.9 Å². The Bertz CT molecular complexity index is 438. The maximum atomic E-state index is 12.7. The Kier molecular flexibility index (Phi) is 4.94. The molecule has 100 valence electrons. The van der Waals surface area contributed by atoms with Gasteiger partial charge < -0.3 is 10.1 Å². The van der Waals surface area contributed by atoms with Crippen LogP contribution in [0.3, 0.4) is 0 Å². The molecule has 0 saturated heterocycles. The molecule has 0 spiro atoms. The molecule has 0 aliphatic heterocycles. The van der Waals surface area contributed by atoms with Gasteiger partial charge in [-0.25, -0.2) is 4.98 Å². The van der Waals surface area contributed by atoms with Gasteiger partial charge in [-0.05, 0) is 22.0 Å². The lowest BCUT2D eigenvalue weighted by molar-refractivity contribution is -0.140. The number of nitrogens with one attached hydrogen (secondary N) is 1. The van der Waals surface area contributed by atoms with E-state index < -0.39 is 17.7 Å². The fourth-order valence-electron chi connectivity index (χ4n) is 1.18. The summed E-state index contributed by atoms with van der Waals surface area (Å²) < 4.78 is 42.7. The number of hydrogen-bond donors (Lipinski definition) is 1. The monoisotopic (exact) mass is 326 g/mol. The number of pyridine rings is 1. The van der Waals surface area contributed by atoms with Gasteiger partial charge in [-0.3, -0.25) is 4.79 Å². The molecule has 0 bridgehead atoms. The molecule has 1 N–H and O–H groups in total. The molecule has 0 atom stereocenters. The van der Waals surface area contributed by atoms with E-state index in [9.17, 15) is 18.0 Å². The van der Waals surface area contributed by atoms with E-state index in [1.165, 1.54) is 13.3 Å². The van der Waals surface area contributed by atoms with Gasteiger partial charge in [0.2, 0.25) is 0 Å². The highest BCUT2D eigenvalue weighted by Crippen LogP contribution is 2.35. The molecule has 4 nitrogen and oxygen atoms in total. The molecule has 18 heavy (non-hydrogen) atoms. The summed E-state index contributed by atoms with van der Waals surface area (Å²) in [6.45, 7) is 0.0182. The number of anilines is 1. The zero-order chi connectivity index (χ0) is 13.8. The highest BCUT2D eigenvalue weighted by Gasteiger charge is 2.34. The minimum Gasteiger partial charge on any atom is -0.469 e. The molecular formula is C10H10BrF3N2O2. The minimum absolute atomic E-state index is 0.0182. The molecule has 0 aliphatic rings. The van der Waals surface area contributed by atoms with E-state index in [1.54, 1.807) is 0 Å². The van der Waals surface area contributed by atoms with Crippen LogP contribution in [-0.4, -0.2) is 24.6 Å². The Morgan fingerprint density at radius 2 is 2.22 bits per heavy atom. The summed E-state index contributed by atoms with van der Waals surface area (Å²) >= 11 is 2.93. The van der Waals surface area contributed by atoms with Crippen molar-refractivity contribution in [1.82, 2.24) is 4.98 Å². The molecule has 0 fully saturated rings. The largest absolute Gasteiger partial charge is 0.469 e. The molecule has 0 amide bonds. The van der Waals surface area contributed by atoms with Crippen molar-refractivity contribution in [2.24, 2.45) is 0 Å². The number of nitrogens with zero attached hydrogens (tertiary/aromatic N) is 1. The zero-order valence-electron chi connectivity index (χ0n) is 9.34. The van der Waals surface area contributed by atoms with Gasteiger partial charge in [0, 0.05) is 17.2 Å². The van der Waals surface area contributed by atoms with Crippen LogP contribution in [0, 0.1) is 0 Å². The van der Waals surface area contributed by atoms with E-state index in [1.807, 2.05) is 0 Å². The lowest BCUT2D eigenvalue weighted by Crippen LogP contribution is -2.15. The smallest absolute Gasteiger partial charge is 0.419 e. The van der Waals surface area contributed by atoms with Crippen LogP contribution < -0.4 is 5.32 Å². The molecule has 1 aromatic heterocycles. The van der Waals surface area contributed by atoms with Gasteiger partial charge in [0.15, 0.2) is 0 Å². The van der Waals surface area contributed by atoms with Crippen molar-refractivity contribution < 1.29 is 22.7 Å². The number of carbonyl (C=O) groups is 1. The SMILES string of the molecule is COC(=O)CCNc1ncc(Br)cc1C(F)(F)F. The van der Waals surface area contributed by atoms with Gasteiger partial charge in [0.1, 0.15) is 5.82 Å². The summed E-state index contributed by atoms with van der Waals surface area (Å²) in [7, 11) is 1.21. The Hall–Kier alpha value is -1.31. The van der Waals surface area contributed by atoms with E-state index >= 15 is 0 Å². The number of rotatable bonds is 4. The van der Waals surface area contributed by atoms with Gasteiger partial charge in [0.05, 0.1) is 19.1 Å². The summed E-state index contributed by atoms with van der Waals surface area (Å²) in [6.07, 6.45) is -3.30. The first-order valence-corrected chi connectivity index (χ1v) is 5.67. The van der Waals surface area contributed by atoms with Crippen molar-refractivity contribution in [3.05, 3.63) is 22.3 Å². The predicted octanol–water partition coefficient (Wildman–Crippen LogP) is 2.84. The number of ether oxygens (including phenoxy) is 1. The van der Waals surface area contributed by atoms with Gasteiger partial charge in [-0.1, -0.05) is 0 Å². The fourth-order valence-corrected chi connectivity index (χ4v) is 1.51. The van der Waals surface area contributed by atoms with Crippen molar-refractivity contribution >= 4 is 27.7 Å². The highest BCUT2D eigenvalue weighted by atomic mass is 79.9. The third-order valence-corrected chi connectivity index (χ3v) is 2.44. The number of halogens is 4. The third kappa shape index (κ3) is 4.17. The standard InChI is InChI=1S/C10H10BrF3N2O2/c1-18-8(17)2-3-15-9-7(10(12,13)14)4-6(11)5-16-9/h4-5H,2-3H2,1H3,(H,15,16). The van der Waals surface area contributed by atoms with E-state index in [0.29, 0.717) is 0 Å². The van der Waals surface area contributed by atoms with Crippen LogP contribution in [0.2, 0.25) is 0 Å². The van der Waals surface area contributed by atoms with Gasteiger partial charge >= 0.3 is 12.1 Å². The molecule has 0 saturated carbocycles. The first-order chi connectivity index (χ1) is 8.34. The van der Waals surface area contributed by atoms with Crippen LogP contribution in [0.5, 0.6) is 0 Å². The summed E-state index contributed by atoms with van der Waals surface area (Å²) in [5.41, 5.74) is -0.887. The van der Waals surface area contributed by atoms with Crippen molar-refractivity contribution in [3.63, 3.8) is 0 Å². The zero-order valence-corrected chi connectivity index (χ0v) is 10.9. The van der Waals surface area contributed by atoms with E-state index in [4.69, 9.17) is 0 Å². The first-order valence-electron chi connectivity index (χ1n) is 4.88. The molecule has 0 aromatic carbocycles. The molecule has 1 aromatic rings. The number of hydrogen-bond acceptors (Lipinski definition) is 4. The van der Waals surface area contributed by atoms with Crippen LogP contribution in [0.15, 0.2) is 16.7 Å². The number of carbonyl (C=O) groups excluding carboxylic acids is 1. The molecule has 1 heterocycles. The average molecular weight is 327 g/mol. The Morgan fingerprint density at radius 1 is 1.56 bits per heavy atom. The maximum Gasteiger partial charge on any atom is 0.419 e. The van der Waals surface area contributed by atoms with Crippen molar-refractivity contribution in [2.75, 3.05) is 19.0 Å². The predicted molar refractivity (Wildman–Crippen MR) is 62.1 cm³/mol. The van der Waals surface area contributed by atoms with Crippen molar-refractivity contribution in [2.45, 2.75) is 12.6 Å². The van der Waals surface area contributed by atoms with E-state index in [2.05, 4.69) is 31.0 Å². The average Bonchev–Trinajstić information content (AvgIpc) is 2.29. The summed E-state index contributed by atoms with van der Waals surface area (Å²) in [4.78, 5) is 14.5. The normalized spacial score (nSPS) is 11.2. The quantitative estimate of drug-likeness (QED) is 0.864. The third-order valence-electron chi connectivity index (χ3n) is 2.01. The first kappa shape index (κ1) is 14.7. The fraction of sp³-hybridized carbons (Fsp3) is 0.400. The second-order valence-electron chi connectivity index (χ2n) is 3.30. The molecular weight excluding hydrogens is 317 g/mol. The lowest BCUT2D eigenvalue weighted by atomic mass is 10.2. The van der Waals surface area contributed by atoms with Gasteiger partial charge in [-0.15, -0.1) is 0 Å². The number of aromatic nitrogens is 1. The Labute approximate surface area is 110 Å². The molecule has 1 rings (SSSR count). The number of methoxy groups -OCH3 is 1. The highest BCUT2D eigenvalue weighted by molar-refractivity contribution is 9.10. The van der Waals surface area contributed by atoms with Gasteiger partial charge in [0.25, 0.3) is 0 Å². The van der Waals surface area contributed by atoms with Crippen LogP contribution in [-0.2, 0) is 15.7 Å². The molecule has 0 aliphatic carbocycles. The second-order valence-corrected chi connectivity index (χ2v) is 4.22. The summed E-state index contributed by atoms with van der Waals surface area (Å²) in [5.74, 6) is -0.817. The lowest BCUT2D eigenvalue weighted by Gasteiger charge is -2.13. The second kappa shape index (κ2) is 6.03. The Balaban J connectivity index is 2.79. The maximum absolute atomic E-state index is 12.7. The minimum atomic E-state index is -4.51. The molecule has 0 unspecified atom stereocenters. The summed E-state index contributed by atoms with van der Waals surface area (Å²) in [5, 5.41) is 2.46. The molecule has 8 heteroatoms. The van der Waals surface area contributed by atoms with E-state index in [-0.39, 0.29) is 23.3 Å². The van der Waals surface area contributed by atoms with Crippen molar-refractivity contribution in [3.8, 4) is 0 Å². The Morgan fingerprint density at radius 3 is 2.78 bits per heavy atom. The number of alkyl halides is 3. The van der Waals surface area contributed by atoms with Crippen molar-refractivity contribution in [1.29, 1.82) is 0 Å². The molecule has 0 radical (unpaired) electrons. The van der Waals surface area contributed by atoms with Crippen LogP contribution in [0.25, 0.3) is 0 Å². The summed E-state index contributed by atoms with van der Waals surface area (Å²) in [6, 6.07) is 0.924. The topological polar surface area (TPSA) is 51.2 Å². The van der Waals surface area contributed by atoms with Crippen LogP contribution in [0.4, 0.5) is 19.0 Å². The van der Waals surface area contributed by atoms with Crippen LogP contribution in [0.1, 0.15) is 12.0 Å². The van der Waals surface area contributed by atoms with E-state index in [0.717, 1.165) is 6.07 Å². The number of esters is 1.